The van der Waals surface area contributed by atoms with Gasteiger partial charge in [0.15, 0.2) is 0 Å². The summed E-state index contributed by atoms with van der Waals surface area (Å²) in [6, 6.07) is 3.19. The van der Waals surface area contributed by atoms with Crippen LogP contribution >= 0.6 is 0 Å². The number of hydrogen-bond donors (Lipinski definition) is 1. The molecule has 0 aliphatic carbocycles. The maximum Gasteiger partial charge on any atom is 0.498 e. The Morgan fingerprint density at radius 1 is 1.24 bits per heavy atom. The van der Waals surface area contributed by atoms with Crippen LogP contribution in [0.4, 0.5) is 11.4 Å². The molecule has 0 amide bonds. The van der Waals surface area contributed by atoms with Crippen LogP contribution in [0.25, 0.3) is 0 Å². The first-order valence-electron chi connectivity index (χ1n) is 8.56. The topological polar surface area (TPSA) is 82.9 Å². The van der Waals surface area contributed by atoms with Crippen molar-refractivity contribution in [2.24, 2.45) is 0 Å². The molecule has 1 aromatic carbocycles. The molecule has 0 aromatic heterocycles. The van der Waals surface area contributed by atoms with Crippen molar-refractivity contribution in [3.8, 4) is 5.75 Å². The molecule has 7 nitrogen and oxygen atoms in total. The summed E-state index contributed by atoms with van der Waals surface area (Å²) in [5.41, 5.74) is -0.151. The SMILES string of the molecule is CCOc1cc(NC(C)C)c([N+](=O)[O-])cc1B1OC(C)(C)C(C)(C)O1. The highest BCUT2D eigenvalue weighted by atomic mass is 16.7. The quantitative estimate of drug-likeness (QED) is 0.482. The molecule has 1 heterocycles. The fraction of sp³-hybridized carbons (Fsp3) is 0.647. The number of nitrogens with one attached hydrogen (secondary N) is 1. The zero-order chi connectivity index (χ0) is 19.0. The summed E-state index contributed by atoms with van der Waals surface area (Å²) in [6.07, 6.45) is 0. The van der Waals surface area contributed by atoms with E-state index >= 15 is 0 Å². The summed E-state index contributed by atoms with van der Waals surface area (Å²) >= 11 is 0. The van der Waals surface area contributed by atoms with E-state index in [-0.39, 0.29) is 11.7 Å². The fourth-order valence-corrected chi connectivity index (χ4v) is 2.60. The number of rotatable bonds is 6. The Hall–Kier alpha value is -1.80. The molecule has 25 heavy (non-hydrogen) atoms. The van der Waals surface area contributed by atoms with Gasteiger partial charge >= 0.3 is 7.12 Å². The van der Waals surface area contributed by atoms with Gasteiger partial charge in [-0.15, -0.1) is 0 Å². The maximum absolute atomic E-state index is 11.5. The third-order valence-corrected chi connectivity index (χ3v) is 4.58. The molecule has 1 aliphatic heterocycles. The van der Waals surface area contributed by atoms with Crippen LogP contribution in [0, 0.1) is 10.1 Å². The smallest absolute Gasteiger partial charge is 0.494 e. The average Bonchev–Trinajstić information content (AvgIpc) is 2.66. The van der Waals surface area contributed by atoms with Gasteiger partial charge in [-0.2, -0.15) is 0 Å². The summed E-state index contributed by atoms with van der Waals surface area (Å²) in [4.78, 5) is 11.1. The minimum absolute atomic E-state index is 0.0261. The van der Waals surface area contributed by atoms with Crippen LogP contribution < -0.4 is 15.5 Å². The van der Waals surface area contributed by atoms with E-state index in [1.54, 1.807) is 6.07 Å². The zero-order valence-electron chi connectivity index (χ0n) is 16.0. The molecule has 1 aliphatic rings. The van der Waals surface area contributed by atoms with E-state index < -0.39 is 23.2 Å². The fourth-order valence-electron chi connectivity index (χ4n) is 2.60. The monoisotopic (exact) mass is 350 g/mol. The second kappa shape index (κ2) is 6.84. The van der Waals surface area contributed by atoms with Crippen LogP contribution in [0.5, 0.6) is 5.75 Å². The number of hydrogen-bond acceptors (Lipinski definition) is 6. The highest BCUT2D eigenvalue weighted by Crippen LogP contribution is 2.38. The summed E-state index contributed by atoms with van der Waals surface area (Å²) in [6.45, 7) is 13.9. The van der Waals surface area contributed by atoms with Crippen LogP contribution in [0.2, 0.25) is 0 Å². The molecule has 0 atom stereocenters. The molecule has 0 bridgehead atoms. The minimum atomic E-state index is -0.724. The molecular formula is C17H27BN2O5. The van der Waals surface area contributed by atoms with Crippen molar-refractivity contribution in [3.05, 3.63) is 22.2 Å². The first kappa shape index (κ1) is 19.5. The Morgan fingerprint density at radius 3 is 2.24 bits per heavy atom. The van der Waals surface area contributed by atoms with Gasteiger partial charge in [-0.05, 0) is 48.5 Å². The second-order valence-electron chi connectivity index (χ2n) is 7.48. The minimum Gasteiger partial charge on any atom is -0.494 e. The Kier molecular flexibility index (Phi) is 5.34. The molecule has 1 saturated heterocycles. The lowest BCUT2D eigenvalue weighted by molar-refractivity contribution is -0.383. The molecule has 8 heteroatoms. The highest BCUT2D eigenvalue weighted by Gasteiger charge is 2.53. The lowest BCUT2D eigenvalue weighted by atomic mass is 9.77. The van der Waals surface area contributed by atoms with Gasteiger partial charge in [0.1, 0.15) is 11.4 Å². The zero-order valence-corrected chi connectivity index (χ0v) is 16.0. The molecule has 1 N–H and O–H groups in total. The molecule has 0 radical (unpaired) electrons. The third kappa shape index (κ3) is 3.90. The van der Waals surface area contributed by atoms with Gasteiger partial charge in [0.05, 0.1) is 22.7 Å². The average molecular weight is 350 g/mol. The van der Waals surface area contributed by atoms with E-state index in [9.17, 15) is 10.1 Å². The van der Waals surface area contributed by atoms with Crippen molar-refractivity contribution in [1.29, 1.82) is 0 Å². The second-order valence-corrected chi connectivity index (χ2v) is 7.48. The van der Waals surface area contributed by atoms with E-state index in [0.717, 1.165) is 0 Å². The molecule has 1 aromatic rings. The summed E-state index contributed by atoms with van der Waals surface area (Å²) in [5, 5.41) is 14.6. The Bertz CT molecular complexity index is 645. The third-order valence-electron chi connectivity index (χ3n) is 4.58. The predicted molar refractivity (Wildman–Crippen MR) is 98.7 cm³/mol. The van der Waals surface area contributed by atoms with Gasteiger partial charge in [0.25, 0.3) is 5.69 Å². The van der Waals surface area contributed by atoms with Crippen LogP contribution in [-0.2, 0) is 9.31 Å². The lowest BCUT2D eigenvalue weighted by Gasteiger charge is -2.32. The van der Waals surface area contributed by atoms with Crippen molar-refractivity contribution in [2.75, 3.05) is 11.9 Å². The summed E-state index contributed by atoms with van der Waals surface area (Å²) in [5.74, 6) is 0.523. The predicted octanol–water partition coefficient (Wildman–Crippen LogP) is 3.11. The molecule has 2 rings (SSSR count). The Morgan fingerprint density at radius 2 is 1.80 bits per heavy atom. The van der Waals surface area contributed by atoms with Gasteiger partial charge in [0.2, 0.25) is 0 Å². The molecular weight excluding hydrogens is 323 g/mol. The van der Waals surface area contributed by atoms with Crippen molar-refractivity contribution >= 4 is 24.0 Å². The van der Waals surface area contributed by atoms with Crippen molar-refractivity contribution < 1.29 is 19.0 Å². The van der Waals surface area contributed by atoms with E-state index in [1.807, 2.05) is 48.5 Å². The van der Waals surface area contributed by atoms with Crippen LogP contribution in [-0.4, -0.2) is 35.9 Å². The van der Waals surface area contributed by atoms with Gasteiger partial charge in [-0.25, -0.2) is 0 Å². The van der Waals surface area contributed by atoms with E-state index in [2.05, 4.69) is 5.32 Å². The molecule has 0 spiro atoms. The number of ether oxygens (including phenoxy) is 1. The maximum atomic E-state index is 11.5. The van der Waals surface area contributed by atoms with Gasteiger partial charge in [0, 0.05) is 23.6 Å². The molecule has 138 valence electrons. The van der Waals surface area contributed by atoms with Crippen LogP contribution in [0.15, 0.2) is 12.1 Å². The Balaban J connectivity index is 2.53. The number of benzene rings is 1. The molecule has 0 saturated carbocycles. The van der Waals surface area contributed by atoms with Crippen LogP contribution in [0.1, 0.15) is 48.5 Å². The van der Waals surface area contributed by atoms with E-state index in [4.69, 9.17) is 14.0 Å². The lowest BCUT2D eigenvalue weighted by Crippen LogP contribution is -2.41. The molecule has 1 fully saturated rings. The number of nitro groups is 1. The number of nitro benzene ring substituents is 1. The normalized spacial score (nSPS) is 18.5. The summed E-state index contributed by atoms with van der Waals surface area (Å²) < 4.78 is 17.8. The summed E-state index contributed by atoms with van der Waals surface area (Å²) in [7, 11) is -0.724. The van der Waals surface area contributed by atoms with Gasteiger partial charge in [-0.1, -0.05) is 0 Å². The first-order chi connectivity index (χ1) is 11.5. The van der Waals surface area contributed by atoms with Crippen LogP contribution in [0.3, 0.4) is 0 Å². The van der Waals surface area contributed by atoms with E-state index in [1.165, 1.54) is 6.07 Å². The van der Waals surface area contributed by atoms with Gasteiger partial charge < -0.3 is 19.4 Å². The van der Waals surface area contributed by atoms with Crippen molar-refractivity contribution in [1.82, 2.24) is 0 Å². The van der Waals surface area contributed by atoms with Crippen molar-refractivity contribution in [2.45, 2.75) is 65.7 Å². The molecule has 0 unspecified atom stereocenters. The number of anilines is 1. The first-order valence-corrected chi connectivity index (χ1v) is 8.56. The Labute approximate surface area is 149 Å². The standard InChI is InChI=1S/C17H27BN2O5/c1-8-23-15-10-13(19-11(2)3)14(20(21)22)9-12(15)18-24-16(4,5)17(6,7)25-18/h9-11,19H,8H2,1-7H3. The van der Waals surface area contributed by atoms with E-state index in [0.29, 0.717) is 23.5 Å². The van der Waals surface area contributed by atoms with Crippen molar-refractivity contribution in [3.63, 3.8) is 0 Å². The van der Waals surface area contributed by atoms with Gasteiger partial charge in [-0.3, -0.25) is 10.1 Å². The largest absolute Gasteiger partial charge is 0.498 e. The number of nitrogens with zero attached hydrogens (tertiary/aromatic N) is 1. The highest BCUT2D eigenvalue weighted by molar-refractivity contribution is 6.63.